The van der Waals surface area contributed by atoms with Crippen LogP contribution < -0.4 is 5.32 Å². The SMILES string of the molecule is COC(=O)/C=C1\S/C(=N/N=Cc2ccccc2)NC1=O. The number of amides is 1. The molecule has 1 aromatic carbocycles. The van der Waals surface area contributed by atoms with Gasteiger partial charge in [0, 0.05) is 6.08 Å². The number of amidine groups is 1. The standard InChI is InChI=1S/C13H11N3O3S/c1-19-11(17)7-10-12(18)15-13(20-10)16-14-8-9-5-3-2-4-6-9/h2-8H,1H3,(H,15,16,18)/b10-7-,14-8?. The zero-order chi connectivity index (χ0) is 14.4. The minimum atomic E-state index is -0.586. The van der Waals surface area contributed by atoms with Crippen molar-refractivity contribution in [1.29, 1.82) is 0 Å². The van der Waals surface area contributed by atoms with Crippen LogP contribution in [0.25, 0.3) is 0 Å². The molecular weight excluding hydrogens is 278 g/mol. The van der Waals surface area contributed by atoms with Gasteiger partial charge >= 0.3 is 5.97 Å². The van der Waals surface area contributed by atoms with E-state index in [9.17, 15) is 9.59 Å². The van der Waals surface area contributed by atoms with Gasteiger partial charge in [0.15, 0.2) is 5.17 Å². The number of rotatable bonds is 3. The third kappa shape index (κ3) is 3.79. The fourth-order valence-corrected chi connectivity index (χ4v) is 2.07. The number of carbonyl (C=O) groups is 2. The van der Waals surface area contributed by atoms with E-state index in [-0.39, 0.29) is 4.91 Å². The van der Waals surface area contributed by atoms with E-state index in [1.807, 2.05) is 30.3 Å². The molecule has 1 heterocycles. The monoisotopic (exact) mass is 289 g/mol. The Balaban J connectivity index is 2.03. The Morgan fingerprint density at radius 1 is 1.35 bits per heavy atom. The molecule has 2 rings (SSSR count). The van der Waals surface area contributed by atoms with Crippen LogP contribution in [0.15, 0.2) is 51.5 Å². The number of hydrogen-bond acceptors (Lipinski definition) is 6. The lowest BCUT2D eigenvalue weighted by atomic mass is 10.2. The molecular formula is C13H11N3O3S. The van der Waals surface area contributed by atoms with Gasteiger partial charge < -0.3 is 4.74 Å². The number of benzene rings is 1. The summed E-state index contributed by atoms with van der Waals surface area (Å²) in [6, 6.07) is 9.44. The van der Waals surface area contributed by atoms with E-state index >= 15 is 0 Å². The van der Waals surface area contributed by atoms with Gasteiger partial charge in [0.1, 0.15) is 0 Å². The van der Waals surface area contributed by atoms with Crippen molar-refractivity contribution < 1.29 is 14.3 Å². The van der Waals surface area contributed by atoms with Gasteiger partial charge in [-0.3, -0.25) is 10.1 Å². The number of carbonyl (C=O) groups excluding carboxylic acids is 2. The molecule has 7 heteroatoms. The van der Waals surface area contributed by atoms with Crippen LogP contribution in [-0.4, -0.2) is 30.4 Å². The van der Waals surface area contributed by atoms with Gasteiger partial charge in [0.25, 0.3) is 5.91 Å². The number of thioether (sulfide) groups is 1. The maximum atomic E-state index is 11.5. The molecule has 6 nitrogen and oxygen atoms in total. The summed E-state index contributed by atoms with van der Waals surface area (Å²) in [6.45, 7) is 0. The van der Waals surface area contributed by atoms with Crippen LogP contribution >= 0.6 is 11.8 Å². The normalized spacial score (nSPS) is 18.8. The van der Waals surface area contributed by atoms with Gasteiger partial charge in [-0.2, -0.15) is 5.10 Å². The maximum Gasteiger partial charge on any atom is 0.331 e. The molecule has 102 valence electrons. The second-order valence-electron chi connectivity index (χ2n) is 3.65. The van der Waals surface area contributed by atoms with Gasteiger partial charge in [0.2, 0.25) is 0 Å². The van der Waals surface area contributed by atoms with E-state index in [4.69, 9.17) is 0 Å². The second-order valence-corrected chi connectivity index (χ2v) is 4.68. The third-order valence-corrected chi connectivity index (χ3v) is 3.16. The largest absolute Gasteiger partial charge is 0.466 e. The molecule has 1 aliphatic heterocycles. The topological polar surface area (TPSA) is 80.1 Å². The summed E-state index contributed by atoms with van der Waals surface area (Å²) >= 11 is 1.03. The number of hydrogen-bond donors (Lipinski definition) is 1. The minimum Gasteiger partial charge on any atom is -0.466 e. The van der Waals surface area contributed by atoms with Crippen LogP contribution in [0.1, 0.15) is 5.56 Å². The molecule has 1 fully saturated rings. The fraction of sp³-hybridized carbons (Fsp3) is 0.0769. The summed E-state index contributed by atoms with van der Waals surface area (Å²) in [5, 5.41) is 10.6. The van der Waals surface area contributed by atoms with Gasteiger partial charge in [0.05, 0.1) is 18.2 Å². The van der Waals surface area contributed by atoms with E-state index in [2.05, 4.69) is 20.3 Å². The van der Waals surface area contributed by atoms with Crippen molar-refractivity contribution in [3.8, 4) is 0 Å². The lowest BCUT2D eigenvalue weighted by Gasteiger charge is -1.90. The molecule has 0 spiro atoms. The van der Waals surface area contributed by atoms with Crippen LogP contribution in [0.3, 0.4) is 0 Å². The van der Waals surface area contributed by atoms with Crippen LogP contribution in [0.5, 0.6) is 0 Å². The number of methoxy groups -OCH3 is 1. The van der Waals surface area contributed by atoms with E-state index < -0.39 is 11.9 Å². The van der Waals surface area contributed by atoms with E-state index in [0.717, 1.165) is 23.4 Å². The zero-order valence-corrected chi connectivity index (χ0v) is 11.4. The number of nitrogens with one attached hydrogen (secondary N) is 1. The van der Waals surface area contributed by atoms with Crippen molar-refractivity contribution in [2.45, 2.75) is 0 Å². The highest BCUT2D eigenvalue weighted by Crippen LogP contribution is 2.23. The molecule has 0 aliphatic carbocycles. The Bertz CT molecular complexity index is 609. The average molecular weight is 289 g/mol. The quantitative estimate of drug-likeness (QED) is 0.393. The lowest BCUT2D eigenvalue weighted by molar-refractivity contribution is -0.135. The van der Waals surface area contributed by atoms with Gasteiger partial charge in [-0.05, 0) is 17.3 Å². The molecule has 0 unspecified atom stereocenters. The minimum absolute atomic E-state index is 0.227. The van der Waals surface area contributed by atoms with Crippen molar-refractivity contribution in [3.63, 3.8) is 0 Å². The number of esters is 1. The van der Waals surface area contributed by atoms with Crippen molar-refractivity contribution in [1.82, 2.24) is 5.32 Å². The lowest BCUT2D eigenvalue weighted by Crippen LogP contribution is -2.19. The summed E-state index contributed by atoms with van der Waals surface area (Å²) in [7, 11) is 1.25. The molecule has 1 amide bonds. The molecule has 0 bridgehead atoms. The Morgan fingerprint density at radius 3 is 2.80 bits per heavy atom. The van der Waals surface area contributed by atoms with Crippen LogP contribution in [0.2, 0.25) is 0 Å². The zero-order valence-electron chi connectivity index (χ0n) is 10.6. The van der Waals surface area contributed by atoms with Crippen LogP contribution in [-0.2, 0) is 14.3 Å². The molecule has 0 saturated carbocycles. The first kappa shape index (κ1) is 14.0. The second kappa shape index (κ2) is 6.67. The van der Waals surface area contributed by atoms with Gasteiger partial charge in [-0.15, -0.1) is 5.10 Å². The van der Waals surface area contributed by atoms with E-state index in [1.54, 1.807) is 6.21 Å². The Labute approximate surface area is 119 Å². The van der Waals surface area contributed by atoms with Gasteiger partial charge in [-0.25, -0.2) is 4.79 Å². The highest BCUT2D eigenvalue weighted by molar-refractivity contribution is 8.18. The summed E-state index contributed by atoms with van der Waals surface area (Å²) < 4.78 is 4.46. The first-order valence-corrected chi connectivity index (χ1v) is 6.45. The van der Waals surface area contributed by atoms with Crippen molar-refractivity contribution in [3.05, 3.63) is 46.9 Å². The fourth-order valence-electron chi connectivity index (χ4n) is 1.33. The Hall–Kier alpha value is -2.41. The molecule has 0 radical (unpaired) electrons. The Morgan fingerprint density at radius 2 is 2.10 bits per heavy atom. The summed E-state index contributed by atoms with van der Waals surface area (Å²) in [5.74, 6) is -0.981. The summed E-state index contributed by atoms with van der Waals surface area (Å²) in [5.41, 5.74) is 0.900. The third-order valence-electron chi connectivity index (χ3n) is 2.26. The Kier molecular flexibility index (Phi) is 4.67. The van der Waals surface area contributed by atoms with Crippen molar-refractivity contribution in [2.75, 3.05) is 7.11 Å². The van der Waals surface area contributed by atoms with E-state index in [1.165, 1.54) is 7.11 Å². The molecule has 20 heavy (non-hydrogen) atoms. The molecule has 1 N–H and O–H groups in total. The number of nitrogens with zero attached hydrogens (tertiary/aromatic N) is 2. The molecule has 1 saturated heterocycles. The first-order valence-electron chi connectivity index (χ1n) is 5.64. The van der Waals surface area contributed by atoms with Crippen molar-refractivity contribution in [2.24, 2.45) is 10.2 Å². The van der Waals surface area contributed by atoms with E-state index in [0.29, 0.717) is 5.17 Å². The molecule has 0 atom stereocenters. The highest BCUT2D eigenvalue weighted by Gasteiger charge is 2.24. The first-order chi connectivity index (χ1) is 9.69. The predicted octanol–water partition coefficient (Wildman–Crippen LogP) is 1.30. The highest BCUT2D eigenvalue weighted by atomic mass is 32.2. The summed E-state index contributed by atoms with van der Waals surface area (Å²) in [6.07, 6.45) is 2.69. The molecule has 1 aromatic rings. The molecule has 1 aliphatic rings. The smallest absolute Gasteiger partial charge is 0.331 e. The van der Waals surface area contributed by atoms with Crippen molar-refractivity contribution >= 4 is 35.0 Å². The van der Waals surface area contributed by atoms with Crippen LogP contribution in [0, 0.1) is 0 Å². The molecule has 0 aromatic heterocycles. The predicted molar refractivity (Wildman–Crippen MR) is 77.3 cm³/mol. The maximum absolute atomic E-state index is 11.5. The summed E-state index contributed by atoms with van der Waals surface area (Å²) in [4.78, 5) is 22.8. The van der Waals surface area contributed by atoms with Gasteiger partial charge in [-0.1, -0.05) is 30.3 Å². The average Bonchev–Trinajstić information content (AvgIpc) is 2.80. The number of ether oxygens (including phenoxy) is 1. The van der Waals surface area contributed by atoms with Crippen LogP contribution in [0.4, 0.5) is 0 Å².